The summed E-state index contributed by atoms with van der Waals surface area (Å²) < 4.78 is 5.21. The second-order valence-corrected chi connectivity index (χ2v) is 19.3. The number of fused-ring (bicyclic) bond motifs is 7. The Morgan fingerprint density at radius 3 is 1.51 bits per heavy atom. The molecule has 0 radical (unpaired) electrons. The topological polar surface area (TPSA) is 3.24 Å². The molecule has 0 N–H and O–H groups in total. The van der Waals surface area contributed by atoms with Crippen LogP contribution in [0, 0.1) is 0 Å². The van der Waals surface area contributed by atoms with Gasteiger partial charge in [0.15, 0.2) is 0 Å². The van der Waals surface area contributed by atoms with Gasteiger partial charge in [-0.1, -0.05) is 194 Å². The molecule has 0 bridgehead atoms. The Morgan fingerprint density at radius 2 is 0.776 bits per heavy atom. The monoisotopic (exact) mass is 887 g/mol. The van der Waals surface area contributed by atoms with E-state index in [9.17, 15) is 0 Å². The van der Waals surface area contributed by atoms with Gasteiger partial charge in [-0.05, 0) is 121 Å². The average Bonchev–Trinajstić information content (AvgIpc) is 3.99. The normalized spacial score (nSPS) is 11.6. The molecule has 0 saturated heterocycles. The molecule has 13 aromatic rings. The van der Waals surface area contributed by atoms with Crippen LogP contribution in [0.5, 0.6) is 0 Å². The highest BCUT2D eigenvalue weighted by Crippen LogP contribution is 2.49. The molecular weight excluding hydrogens is 847 g/mol. The summed E-state index contributed by atoms with van der Waals surface area (Å²) in [4.78, 5) is 2.46. The molecule has 2 aromatic heterocycles. The number of nitrogens with zero attached hydrogens (tertiary/aromatic N) is 1. The maximum atomic E-state index is 2.46. The molecule has 0 spiro atoms. The quantitative estimate of drug-likeness (QED) is 0.147. The molecular formula is C64H41NS2. The first kappa shape index (κ1) is 39.3. The summed E-state index contributed by atoms with van der Waals surface area (Å²) in [6.07, 6.45) is 0. The number of hydrogen-bond donors (Lipinski definition) is 0. The van der Waals surface area contributed by atoms with Gasteiger partial charge in [-0.3, -0.25) is 0 Å². The lowest BCUT2D eigenvalue weighted by Crippen LogP contribution is -2.10. The van der Waals surface area contributed by atoms with Gasteiger partial charge in [-0.25, -0.2) is 0 Å². The Balaban J connectivity index is 0.929. The lowest BCUT2D eigenvalue weighted by atomic mass is 9.92. The molecule has 0 aliphatic carbocycles. The third-order valence-electron chi connectivity index (χ3n) is 13.3. The van der Waals surface area contributed by atoms with E-state index in [1.54, 1.807) is 0 Å². The molecule has 0 atom stereocenters. The summed E-state index contributed by atoms with van der Waals surface area (Å²) in [6, 6.07) is 91.3. The van der Waals surface area contributed by atoms with E-state index in [1.807, 2.05) is 22.7 Å². The molecule has 11 aromatic carbocycles. The number of thiophene rings is 2. The van der Waals surface area contributed by atoms with Crippen LogP contribution >= 0.6 is 22.7 Å². The minimum absolute atomic E-state index is 1.10. The van der Waals surface area contributed by atoms with E-state index < -0.39 is 0 Å². The molecule has 314 valence electrons. The van der Waals surface area contributed by atoms with E-state index >= 15 is 0 Å². The molecule has 3 heteroatoms. The Bertz CT molecular complexity index is 3950. The number of benzene rings is 11. The Hall–Kier alpha value is -8.08. The van der Waals surface area contributed by atoms with Crippen molar-refractivity contribution in [1.29, 1.82) is 0 Å². The number of anilines is 3. The van der Waals surface area contributed by atoms with Crippen molar-refractivity contribution in [2.75, 3.05) is 4.90 Å². The zero-order valence-corrected chi connectivity index (χ0v) is 38.1. The van der Waals surface area contributed by atoms with E-state index in [2.05, 4.69) is 254 Å². The molecule has 13 rings (SSSR count). The summed E-state index contributed by atoms with van der Waals surface area (Å²) in [6.45, 7) is 0. The first-order valence-electron chi connectivity index (χ1n) is 22.8. The van der Waals surface area contributed by atoms with Crippen molar-refractivity contribution in [1.82, 2.24) is 0 Å². The van der Waals surface area contributed by atoms with Crippen molar-refractivity contribution >= 4 is 90.9 Å². The van der Waals surface area contributed by atoms with Gasteiger partial charge in [-0.15, -0.1) is 22.7 Å². The second-order valence-electron chi connectivity index (χ2n) is 17.2. The molecule has 1 nitrogen and oxygen atoms in total. The highest BCUT2D eigenvalue weighted by atomic mass is 32.1. The van der Waals surface area contributed by atoms with Crippen molar-refractivity contribution in [2.45, 2.75) is 0 Å². The van der Waals surface area contributed by atoms with E-state index in [0.29, 0.717) is 0 Å². The zero-order valence-electron chi connectivity index (χ0n) is 36.4. The zero-order chi connectivity index (χ0) is 44.3. The molecule has 0 aliphatic heterocycles. The lowest BCUT2D eigenvalue weighted by molar-refractivity contribution is 1.30. The first-order valence-corrected chi connectivity index (χ1v) is 24.4. The summed E-state index contributed by atoms with van der Waals surface area (Å²) in [5.41, 5.74) is 15.6. The van der Waals surface area contributed by atoms with Crippen LogP contribution < -0.4 is 4.90 Å². The summed E-state index contributed by atoms with van der Waals surface area (Å²) >= 11 is 3.75. The maximum absolute atomic E-state index is 2.46. The number of hydrogen-bond acceptors (Lipinski definition) is 3. The molecule has 0 unspecified atom stereocenters. The van der Waals surface area contributed by atoms with Gasteiger partial charge in [-0.2, -0.15) is 0 Å². The first-order chi connectivity index (χ1) is 33.2. The molecule has 0 aliphatic rings. The predicted molar refractivity (Wildman–Crippen MR) is 292 cm³/mol. The lowest BCUT2D eigenvalue weighted by Gasteiger charge is -2.27. The third kappa shape index (κ3) is 6.91. The van der Waals surface area contributed by atoms with Crippen LogP contribution in [-0.2, 0) is 0 Å². The third-order valence-corrected chi connectivity index (χ3v) is 15.7. The van der Waals surface area contributed by atoms with E-state index in [1.165, 1.54) is 107 Å². The minimum Gasteiger partial charge on any atom is -0.310 e. The molecule has 2 heterocycles. The van der Waals surface area contributed by atoms with Crippen molar-refractivity contribution in [3.8, 4) is 55.6 Å². The SMILES string of the molecule is c1ccc(-c2ccc(N(c3ccc(-c4ccc(-c5ccc6ccccc6c5)cc4)cc3)c3ccc(-c4ccccc4-c4cccc5sc6ccccc6c45)cc3)c3c2sc2ccccc23)cc1. The minimum atomic E-state index is 1.10. The molecule has 0 amide bonds. The summed E-state index contributed by atoms with van der Waals surface area (Å²) in [7, 11) is 0. The molecule has 0 fully saturated rings. The summed E-state index contributed by atoms with van der Waals surface area (Å²) in [5.74, 6) is 0. The van der Waals surface area contributed by atoms with Crippen LogP contribution in [0.4, 0.5) is 17.1 Å². The van der Waals surface area contributed by atoms with Gasteiger partial charge in [0.25, 0.3) is 0 Å². The van der Waals surface area contributed by atoms with Crippen LogP contribution in [0.25, 0.3) is 107 Å². The van der Waals surface area contributed by atoms with Gasteiger partial charge < -0.3 is 4.90 Å². The van der Waals surface area contributed by atoms with E-state index in [0.717, 1.165) is 17.1 Å². The van der Waals surface area contributed by atoms with Gasteiger partial charge in [0.1, 0.15) is 0 Å². The molecule has 0 saturated carbocycles. The van der Waals surface area contributed by atoms with Crippen LogP contribution in [0.2, 0.25) is 0 Å². The number of rotatable bonds is 8. The average molecular weight is 888 g/mol. The van der Waals surface area contributed by atoms with Gasteiger partial charge in [0, 0.05) is 51.7 Å². The fourth-order valence-electron chi connectivity index (χ4n) is 10.1. The maximum Gasteiger partial charge on any atom is 0.0555 e. The van der Waals surface area contributed by atoms with Crippen LogP contribution in [0.3, 0.4) is 0 Å². The fraction of sp³-hybridized carbons (Fsp3) is 0. The Morgan fingerprint density at radius 1 is 0.269 bits per heavy atom. The van der Waals surface area contributed by atoms with E-state index in [4.69, 9.17) is 0 Å². The van der Waals surface area contributed by atoms with Crippen molar-refractivity contribution < 1.29 is 0 Å². The van der Waals surface area contributed by atoms with Gasteiger partial charge >= 0.3 is 0 Å². The summed E-state index contributed by atoms with van der Waals surface area (Å²) in [5, 5.41) is 7.69. The van der Waals surface area contributed by atoms with Crippen molar-refractivity contribution in [2.24, 2.45) is 0 Å². The Kier molecular flexibility index (Phi) is 9.63. The Labute approximate surface area is 397 Å². The second kappa shape index (κ2) is 16.4. The van der Waals surface area contributed by atoms with Gasteiger partial charge in [0.05, 0.1) is 5.69 Å². The highest BCUT2D eigenvalue weighted by Gasteiger charge is 2.22. The van der Waals surface area contributed by atoms with Crippen molar-refractivity contribution in [3.05, 3.63) is 249 Å². The molecule has 67 heavy (non-hydrogen) atoms. The standard InChI is InChI=1S/C64H41NS2/c1-2-14-46(15-3-1)53-39-40-58(63-57-20-9-11-23-60(57)67-64(53)63)65(50-35-31-44(32-36-50)43-25-27-45(28-26-43)49-30-29-42-13-4-5-16-48(42)41-49)51-37-33-47(34-38-51)52-17-6-7-18-54(52)55-21-12-24-61-62(55)56-19-8-10-22-59(56)66-61/h1-41H. The largest absolute Gasteiger partial charge is 0.310 e. The van der Waals surface area contributed by atoms with Crippen LogP contribution in [0.15, 0.2) is 249 Å². The fourth-order valence-corrected chi connectivity index (χ4v) is 12.4. The van der Waals surface area contributed by atoms with Crippen LogP contribution in [0.1, 0.15) is 0 Å². The van der Waals surface area contributed by atoms with Gasteiger partial charge in [0.2, 0.25) is 0 Å². The predicted octanol–water partition coefficient (Wildman–Crippen LogP) is 19.4. The van der Waals surface area contributed by atoms with Crippen LogP contribution in [-0.4, -0.2) is 0 Å². The smallest absolute Gasteiger partial charge is 0.0555 e. The highest BCUT2D eigenvalue weighted by molar-refractivity contribution is 7.26. The van der Waals surface area contributed by atoms with E-state index in [-0.39, 0.29) is 0 Å². The van der Waals surface area contributed by atoms with Crippen molar-refractivity contribution in [3.63, 3.8) is 0 Å².